The van der Waals surface area contributed by atoms with Crippen molar-refractivity contribution in [2.75, 3.05) is 6.61 Å². The Kier molecular flexibility index (Phi) is 4.82. The Morgan fingerprint density at radius 2 is 2.00 bits per heavy atom. The van der Waals surface area contributed by atoms with Crippen LogP contribution in [0.4, 0.5) is 0 Å². The third-order valence-electron chi connectivity index (χ3n) is 4.18. The van der Waals surface area contributed by atoms with E-state index in [1.807, 2.05) is 0 Å². The van der Waals surface area contributed by atoms with Crippen LogP contribution in [0, 0.1) is 6.92 Å². The predicted molar refractivity (Wildman–Crippen MR) is 78.0 cm³/mol. The fourth-order valence-electron chi connectivity index (χ4n) is 3.16. The second kappa shape index (κ2) is 6.18. The molecule has 18 heavy (non-hydrogen) atoms. The van der Waals surface area contributed by atoms with Gasteiger partial charge in [-0.2, -0.15) is 0 Å². The largest absolute Gasteiger partial charge is 0.373 e. The lowest BCUT2D eigenvalue weighted by atomic mass is 9.83. The molecule has 1 fully saturated rings. The molecule has 0 radical (unpaired) electrons. The molecule has 1 aromatic rings. The van der Waals surface area contributed by atoms with Crippen molar-refractivity contribution in [1.29, 1.82) is 0 Å². The van der Waals surface area contributed by atoms with E-state index < -0.39 is 0 Å². The van der Waals surface area contributed by atoms with E-state index in [1.54, 1.807) is 11.3 Å². The van der Waals surface area contributed by atoms with Crippen molar-refractivity contribution in [2.24, 2.45) is 5.73 Å². The van der Waals surface area contributed by atoms with Crippen LogP contribution in [0.15, 0.2) is 11.4 Å². The Labute approximate surface area is 115 Å². The van der Waals surface area contributed by atoms with Crippen LogP contribution in [0.1, 0.15) is 61.9 Å². The monoisotopic (exact) mass is 267 g/mol. The first-order chi connectivity index (χ1) is 8.69. The lowest BCUT2D eigenvalue weighted by molar-refractivity contribution is -0.0696. The van der Waals surface area contributed by atoms with E-state index in [0.717, 1.165) is 19.4 Å². The smallest absolute Gasteiger partial charge is 0.0874 e. The van der Waals surface area contributed by atoms with Crippen molar-refractivity contribution >= 4 is 11.3 Å². The summed E-state index contributed by atoms with van der Waals surface area (Å²) in [7, 11) is 0. The quantitative estimate of drug-likeness (QED) is 0.830. The van der Waals surface area contributed by atoms with Gasteiger partial charge in [0, 0.05) is 11.5 Å². The molecule has 2 rings (SSSR count). The van der Waals surface area contributed by atoms with Gasteiger partial charge in [0.15, 0.2) is 0 Å². The fourth-order valence-corrected chi connectivity index (χ4v) is 3.91. The SMILES string of the molecule is CCOC1(C(N)c2ccsc2C)CCCCCC1. The molecule has 2 nitrogen and oxygen atoms in total. The summed E-state index contributed by atoms with van der Waals surface area (Å²) in [4.78, 5) is 1.34. The molecular formula is C15H25NOS. The first-order valence-electron chi connectivity index (χ1n) is 7.13. The molecule has 102 valence electrons. The van der Waals surface area contributed by atoms with Gasteiger partial charge in [-0.15, -0.1) is 11.3 Å². The minimum Gasteiger partial charge on any atom is -0.373 e. The van der Waals surface area contributed by atoms with Gasteiger partial charge in [-0.25, -0.2) is 0 Å². The summed E-state index contributed by atoms with van der Waals surface area (Å²) in [6.07, 6.45) is 7.36. The van der Waals surface area contributed by atoms with Crippen LogP contribution < -0.4 is 5.73 Å². The van der Waals surface area contributed by atoms with Crippen molar-refractivity contribution < 1.29 is 4.74 Å². The molecular weight excluding hydrogens is 242 g/mol. The minimum absolute atomic E-state index is 0.0294. The molecule has 1 aliphatic carbocycles. The Bertz CT molecular complexity index is 366. The highest BCUT2D eigenvalue weighted by Gasteiger charge is 2.39. The average Bonchev–Trinajstić information content (AvgIpc) is 2.64. The molecule has 0 bridgehead atoms. The van der Waals surface area contributed by atoms with Gasteiger partial charge in [-0.05, 0) is 43.7 Å². The van der Waals surface area contributed by atoms with E-state index in [4.69, 9.17) is 10.5 Å². The number of ether oxygens (including phenoxy) is 1. The molecule has 3 heteroatoms. The predicted octanol–water partition coefficient (Wildman–Crippen LogP) is 4.19. The number of rotatable bonds is 4. The van der Waals surface area contributed by atoms with Crippen LogP contribution in [-0.2, 0) is 4.74 Å². The van der Waals surface area contributed by atoms with Crippen LogP contribution in [0.5, 0.6) is 0 Å². The van der Waals surface area contributed by atoms with E-state index in [-0.39, 0.29) is 11.6 Å². The summed E-state index contributed by atoms with van der Waals surface area (Å²) in [5, 5.41) is 2.14. The Morgan fingerprint density at radius 3 is 2.50 bits per heavy atom. The number of hydrogen-bond acceptors (Lipinski definition) is 3. The molecule has 1 unspecified atom stereocenters. The molecule has 0 saturated heterocycles. The standard InChI is InChI=1S/C15H25NOS/c1-3-17-15(9-6-4-5-7-10-15)14(16)13-8-11-18-12(13)2/h8,11,14H,3-7,9-10,16H2,1-2H3. The van der Waals surface area contributed by atoms with Crippen molar-refractivity contribution in [3.8, 4) is 0 Å². The molecule has 0 aliphatic heterocycles. The molecule has 1 atom stereocenters. The molecule has 1 aliphatic rings. The maximum absolute atomic E-state index is 6.59. The normalized spacial score (nSPS) is 21.5. The Morgan fingerprint density at radius 1 is 1.33 bits per heavy atom. The zero-order valence-corrected chi connectivity index (χ0v) is 12.4. The average molecular weight is 267 g/mol. The Balaban J connectivity index is 2.25. The van der Waals surface area contributed by atoms with Gasteiger partial charge in [0.25, 0.3) is 0 Å². The van der Waals surface area contributed by atoms with Crippen molar-refractivity contribution in [2.45, 2.75) is 64.0 Å². The van der Waals surface area contributed by atoms with Crippen LogP contribution >= 0.6 is 11.3 Å². The van der Waals surface area contributed by atoms with Crippen molar-refractivity contribution in [3.05, 3.63) is 21.9 Å². The van der Waals surface area contributed by atoms with Crippen LogP contribution in [-0.4, -0.2) is 12.2 Å². The first-order valence-corrected chi connectivity index (χ1v) is 8.01. The van der Waals surface area contributed by atoms with Gasteiger partial charge in [0.2, 0.25) is 0 Å². The first kappa shape index (κ1) is 14.0. The third kappa shape index (κ3) is 2.79. The summed E-state index contributed by atoms with van der Waals surface area (Å²) in [5.74, 6) is 0. The third-order valence-corrected chi connectivity index (χ3v) is 5.04. The van der Waals surface area contributed by atoms with Gasteiger partial charge >= 0.3 is 0 Å². The summed E-state index contributed by atoms with van der Waals surface area (Å²) in [6.45, 7) is 5.01. The van der Waals surface area contributed by atoms with Gasteiger partial charge < -0.3 is 10.5 Å². The van der Waals surface area contributed by atoms with Crippen molar-refractivity contribution in [1.82, 2.24) is 0 Å². The zero-order valence-electron chi connectivity index (χ0n) is 11.6. The topological polar surface area (TPSA) is 35.2 Å². The zero-order chi connectivity index (χ0) is 13.0. The van der Waals surface area contributed by atoms with E-state index in [9.17, 15) is 0 Å². The van der Waals surface area contributed by atoms with Crippen LogP contribution in [0.2, 0.25) is 0 Å². The second-order valence-corrected chi connectivity index (χ2v) is 6.44. The lowest BCUT2D eigenvalue weighted by Crippen LogP contribution is -2.43. The van der Waals surface area contributed by atoms with E-state index in [2.05, 4.69) is 25.3 Å². The van der Waals surface area contributed by atoms with Gasteiger partial charge in [0.05, 0.1) is 11.6 Å². The van der Waals surface area contributed by atoms with Crippen LogP contribution in [0.25, 0.3) is 0 Å². The molecule has 0 amide bonds. The lowest BCUT2D eigenvalue weighted by Gasteiger charge is -2.38. The summed E-state index contributed by atoms with van der Waals surface area (Å²) < 4.78 is 6.17. The molecule has 0 aromatic carbocycles. The summed E-state index contributed by atoms with van der Waals surface area (Å²) in [5.41, 5.74) is 7.75. The maximum Gasteiger partial charge on any atom is 0.0874 e. The second-order valence-electron chi connectivity index (χ2n) is 5.32. The van der Waals surface area contributed by atoms with Gasteiger partial charge in [-0.1, -0.05) is 25.7 Å². The molecule has 1 saturated carbocycles. The van der Waals surface area contributed by atoms with E-state index in [1.165, 1.54) is 36.1 Å². The highest BCUT2D eigenvalue weighted by atomic mass is 32.1. The maximum atomic E-state index is 6.59. The summed E-state index contributed by atoms with van der Waals surface area (Å²) >= 11 is 1.78. The number of hydrogen-bond donors (Lipinski definition) is 1. The minimum atomic E-state index is -0.128. The number of thiophene rings is 1. The molecule has 1 heterocycles. The highest BCUT2D eigenvalue weighted by Crippen LogP contribution is 2.40. The van der Waals surface area contributed by atoms with E-state index >= 15 is 0 Å². The molecule has 0 spiro atoms. The molecule has 2 N–H and O–H groups in total. The molecule has 1 aromatic heterocycles. The number of nitrogens with two attached hydrogens (primary N) is 1. The van der Waals surface area contributed by atoms with Gasteiger partial charge in [0.1, 0.15) is 0 Å². The van der Waals surface area contributed by atoms with E-state index in [0.29, 0.717) is 0 Å². The van der Waals surface area contributed by atoms with Crippen molar-refractivity contribution in [3.63, 3.8) is 0 Å². The summed E-state index contributed by atoms with van der Waals surface area (Å²) in [6, 6.07) is 2.21. The van der Waals surface area contributed by atoms with Crippen LogP contribution in [0.3, 0.4) is 0 Å². The fraction of sp³-hybridized carbons (Fsp3) is 0.733. The highest BCUT2D eigenvalue weighted by molar-refractivity contribution is 7.10. The Hall–Kier alpha value is -0.380. The van der Waals surface area contributed by atoms with Gasteiger partial charge in [-0.3, -0.25) is 0 Å². The number of aryl methyl sites for hydroxylation is 1.